The Morgan fingerprint density at radius 1 is 1.38 bits per heavy atom. The second-order valence-corrected chi connectivity index (χ2v) is 6.96. The standard InChI is InChI=1S/C17H26BrNO2/c1-12(19-2)16-8-7-14(18)10-17(16)21-11-15(20)9-13-5-3-4-6-13/h7-8,10,12-13,15,19-20H,3-6,9,11H2,1-2H3. The van der Waals surface area contributed by atoms with E-state index in [1.165, 1.54) is 25.7 Å². The van der Waals surface area contributed by atoms with Crippen molar-refractivity contribution in [3.63, 3.8) is 0 Å². The van der Waals surface area contributed by atoms with E-state index in [4.69, 9.17) is 4.74 Å². The average molecular weight is 356 g/mol. The zero-order valence-electron chi connectivity index (χ0n) is 12.9. The van der Waals surface area contributed by atoms with Crippen LogP contribution in [0.15, 0.2) is 22.7 Å². The summed E-state index contributed by atoms with van der Waals surface area (Å²) in [5.74, 6) is 1.53. The van der Waals surface area contributed by atoms with Gasteiger partial charge in [-0.15, -0.1) is 0 Å². The minimum atomic E-state index is -0.371. The molecular weight excluding hydrogens is 330 g/mol. The van der Waals surface area contributed by atoms with Gasteiger partial charge in [-0.05, 0) is 38.4 Å². The zero-order valence-corrected chi connectivity index (χ0v) is 14.5. The molecule has 3 nitrogen and oxygen atoms in total. The fraction of sp³-hybridized carbons (Fsp3) is 0.647. The van der Waals surface area contributed by atoms with E-state index < -0.39 is 0 Å². The van der Waals surface area contributed by atoms with Crippen molar-refractivity contribution < 1.29 is 9.84 Å². The maximum absolute atomic E-state index is 10.2. The zero-order chi connectivity index (χ0) is 15.2. The lowest BCUT2D eigenvalue weighted by Gasteiger charge is -2.20. The van der Waals surface area contributed by atoms with Gasteiger partial charge in [0.05, 0.1) is 6.10 Å². The maximum atomic E-state index is 10.2. The minimum Gasteiger partial charge on any atom is -0.491 e. The summed E-state index contributed by atoms with van der Waals surface area (Å²) < 4.78 is 6.89. The fourth-order valence-electron chi connectivity index (χ4n) is 3.03. The molecule has 1 aliphatic carbocycles. The molecule has 0 saturated heterocycles. The normalized spacial score (nSPS) is 18.7. The topological polar surface area (TPSA) is 41.5 Å². The van der Waals surface area contributed by atoms with Crippen molar-refractivity contribution in [2.75, 3.05) is 13.7 Å². The summed E-state index contributed by atoms with van der Waals surface area (Å²) in [6, 6.07) is 6.28. The van der Waals surface area contributed by atoms with Gasteiger partial charge in [-0.1, -0.05) is 47.7 Å². The van der Waals surface area contributed by atoms with Gasteiger partial charge in [-0.25, -0.2) is 0 Å². The van der Waals surface area contributed by atoms with E-state index in [1.807, 2.05) is 19.2 Å². The van der Waals surface area contributed by atoms with Gasteiger partial charge in [0.25, 0.3) is 0 Å². The van der Waals surface area contributed by atoms with Crippen LogP contribution in [0, 0.1) is 5.92 Å². The molecule has 0 amide bonds. The van der Waals surface area contributed by atoms with Crippen molar-refractivity contribution in [1.82, 2.24) is 5.32 Å². The number of aliphatic hydroxyl groups is 1. The Kier molecular flexibility index (Phi) is 6.52. The Hall–Kier alpha value is -0.580. The highest BCUT2D eigenvalue weighted by molar-refractivity contribution is 9.10. The van der Waals surface area contributed by atoms with Gasteiger partial charge in [-0.2, -0.15) is 0 Å². The van der Waals surface area contributed by atoms with Gasteiger partial charge in [0, 0.05) is 16.1 Å². The van der Waals surface area contributed by atoms with Crippen molar-refractivity contribution in [2.45, 2.75) is 51.2 Å². The van der Waals surface area contributed by atoms with E-state index in [2.05, 4.69) is 34.2 Å². The number of halogens is 1. The van der Waals surface area contributed by atoms with Gasteiger partial charge in [0.15, 0.2) is 0 Å². The third-order valence-corrected chi connectivity index (χ3v) is 4.88. The van der Waals surface area contributed by atoms with Gasteiger partial charge >= 0.3 is 0 Å². The fourth-order valence-corrected chi connectivity index (χ4v) is 3.37. The van der Waals surface area contributed by atoms with Gasteiger partial charge in [-0.3, -0.25) is 0 Å². The summed E-state index contributed by atoms with van der Waals surface area (Å²) in [5, 5.41) is 13.4. The van der Waals surface area contributed by atoms with Crippen LogP contribution >= 0.6 is 15.9 Å². The first kappa shape index (κ1) is 16.8. The molecule has 0 radical (unpaired) electrons. The molecule has 1 saturated carbocycles. The molecule has 1 aliphatic rings. The predicted molar refractivity (Wildman–Crippen MR) is 89.7 cm³/mol. The van der Waals surface area contributed by atoms with Crippen molar-refractivity contribution in [3.05, 3.63) is 28.2 Å². The van der Waals surface area contributed by atoms with E-state index in [1.54, 1.807) is 0 Å². The van der Waals surface area contributed by atoms with Crippen LogP contribution in [0.1, 0.15) is 50.6 Å². The molecule has 2 unspecified atom stereocenters. The van der Waals surface area contributed by atoms with Crippen LogP contribution in [0.4, 0.5) is 0 Å². The second kappa shape index (κ2) is 8.16. The Labute approximate surface area is 136 Å². The number of nitrogens with one attached hydrogen (secondary N) is 1. The predicted octanol–water partition coefficient (Wildman–Crippen LogP) is 4.05. The highest BCUT2D eigenvalue weighted by Crippen LogP contribution is 2.30. The number of hydrogen-bond donors (Lipinski definition) is 2. The van der Waals surface area contributed by atoms with Gasteiger partial charge in [0.1, 0.15) is 12.4 Å². The number of ether oxygens (including phenoxy) is 1. The summed E-state index contributed by atoms with van der Waals surface area (Å²) >= 11 is 3.48. The second-order valence-electron chi connectivity index (χ2n) is 6.04. The van der Waals surface area contributed by atoms with E-state index in [9.17, 15) is 5.11 Å². The third-order valence-electron chi connectivity index (χ3n) is 4.39. The van der Waals surface area contributed by atoms with Crippen LogP contribution in [0.25, 0.3) is 0 Å². The van der Waals surface area contributed by atoms with Crippen LogP contribution in [-0.2, 0) is 0 Å². The molecule has 1 fully saturated rings. The van der Waals surface area contributed by atoms with Gasteiger partial charge in [0.2, 0.25) is 0 Å². The SMILES string of the molecule is CNC(C)c1ccc(Br)cc1OCC(O)CC1CCCC1. The summed E-state index contributed by atoms with van der Waals surface area (Å²) in [4.78, 5) is 0. The molecule has 0 aliphatic heterocycles. The van der Waals surface area contributed by atoms with Crippen molar-refractivity contribution in [2.24, 2.45) is 5.92 Å². The first-order valence-electron chi connectivity index (χ1n) is 7.87. The molecule has 1 aromatic carbocycles. The van der Waals surface area contributed by atoms with Crippen molar-refractivity contribution in [3.8, 4) is 5.75 Å². The lowest BCUT2D eigenvalue weighted by Crippen LogP contribution is -2.21. The number of rotatable bonds is 7. The van der Waals surface area contributed by atoms with Crippen LogP contribution in [0.5, 0.6) is 5.75 Å². The Balaban J connectivity index is 1.93. The average Bonchev–Trinajstić information content (AvgIpc) is 2.97. The highest BCUT2D eigenvalue weighted by Gasteiger charge is 2.20. The molecule has 2 atom stereocenters. The molecule has 2 rings (SSSR count). The molecule has 21 heavy (non-hydrogen) atoms. The van der Waals surface area contributed by atoms with E-state index in [0.29, 0.717) is 12.5 Å². The van der Waals surface area contributed by atoms with Crippen LogP contribution in [0.2, 0.25) is 0 Å². The molecular formula is C17H26BrNO2. The van der Waals surface area contributed by atoms with Crippen molar-refractivity contribution in [1.29, 1.82) is 0 Å². The lowest BCUT2D eigenvalue weighted by molar-refractivity contribution is 0.0848. The van der Waals surface area contributed by atoms with Crippen molar-refractivity contribution >= 4 is 15.9 Å². The number of hydrogen-bond acceptors (Lipinski definition) is 3. The van der Waals surface area contributed by atoms with E-state index in [0.717, 1.165) is 22.2 Å². The smallest absolute Gasteiger partial charge is 0.125 e. The van der Waals surface area contributed by atoms with Gasteiger partial charge < -0.3 is 15.2 Å². The largest absolute Gasteiger partial charge is 0.491 e. The van der Waals surface area contributed by atoms with Crippen LogP contribution in [-0.4, -0.2) is 24.9 Å². The Morgan fingerprint density at radius 3 is 2.76 bits per heavy atom. The summed E-state index contributed by atoms with van der Waals surface area (Å²) in [7, 11) is 1.94. The first-order chi connectivity index (χ1) is 10.1. The highest BCUT2D eigenvalue weighted by atomic mass is 79.9. The summed E-state index contributed by atoms with van der Waals surface area (Å²) in [6.07, 6.45) is 5.64. The van der Waals surface area contributed by atoms with E-state index >= 15 is 0 Å². The Bertz CT molecular complexity index is 446. The quantitative estimate of drug-likeness (QED) is 0.775. The third kappa shape index (κ3) is 4.97. The maximum Gasteiger partial charge on any atom is 0.125 e. The summed E-state index contributed by atoms with van der Waals surface area (Å²) in [6.45, 7) is 2.47. The van der Waals surface area contributed by atoms with Crippen LogP contribution in [0.3, 0.4) is 0 Å². The minimum absolute atomic E-state index is 0.222. The number of aliphatic hydroxyl groups excluding tert-OH is 1. The molecule has 2 N–H and O–H groups in total. The molecule has 0 spiro atoms. The molecule has 0 bridgehead atoms. The molecule has 4 heteroatoms. The summed E-state index contributed by atoms with van der Waals surface area (Å²) in [5.41, 5.74) is 1.12. The first-order valence-corrected chi connectivity index (χ1v) is 8.67. The number of benzene rings is 1. The van der Waals surface area contributed by atoms with Crippen LogP contribution < -0.4 is 10.1 Å². The molecule has 0 heterocycles. The lowest BCUT2D eigenvalue weighted by atomic mass is 10.0. The Morgan fingerprint density at radius 2 is 2.10 bits per heavy atom. The monoisotopic (exact) mass is 355 g/mol. The molecule has 118 valence electrons. The molecule has 0 aromatic heterocycles. The molecule has 1 aromatic rings. The van der Waals surface area contributed by atoms with E-state index in [-0.39, 0.29) is 12.1 Å².